The second-order valence-corrected chi connectivity index (χ2v) is 4.84. The van der Waals surface area contributed by atoms with E-state index >= 15 is 0 Å². The molecular weight excluding hydrogens is 228 g/mol. The average Bonchev–Trinajstić information content (AvgIpc) is 2.39. The Morgan fingerprint density at radius 1 is 1.22 bits per heavy atom. The first-order chi connectivity index (χ1) is 8.58. The number of rotatable bonds is 1. The molecule has 1 aromatic heterocycles. The Morgan fingerprint density at radius 3 is 2.39 bits per heavy atom. The van der Waals surface area contributed by atoms with E-state index in [1.807, 2.05) is 24.1 Å². The Morgan fingerprint density at radius 2 is 1.89 bits per heavy atom. The maximum absolute atomic E-state index is 11.8. The Bertz CT molecular complexity index is 408. The van der Waals surface area contributed by atoms with Crippen LogP contribution in [-0.4, -0.2) is 61.1 Å². The van der Waals surface area contributed by atoms with Crippen LogP contribution in [0, 0.1) is 6.92 Å². The molecule has 2 amide bonds. The van der Waals surface area contributed by atoms with Crippen molar-refractivity contribution in [3.63, 3.8) is 0 Å². The van der Waals surface area contributed by atoms with Crippen LogP contribution in [0.1, 0.15) is 5.56 Å². The minimum Gasteiger partial charge on any atom is -0.353 e. The van der Waals surface area contributed by atoms with Crippen molar-refractivity contribution >= 4 is 11.8 Å². The van der Waals surface area contributed by atoms with Crippen LogP contribution in [0.25, 0.3) is 0 Å². The van der Waals surface area contributed by atoms with E-state index in [4.69, 9.17) is 0 Å². The van der Waals surface area contributed by atoms with Crippen LogP contribution in [0.3, 0.4) is 0 Å². The molecule has 1 aliphatic rings. The second kappa shape index (κ2) is 5.25. The van der Waals surface area contributed by atoms with Crippen molar-refractivity contribution in [1.29, 1.82) is 0 Å². The van der Waals surface area contributed by atoms with Gasteiger partial charge in [0.2, 0.25) is 0 Å². The van der Waals surface area contributed by atoms with E-state index in [0.717, 1.165) is 32.0 Å². The molecule has 0 saturated carbocycles. The smallest absolute Gasteiger partial charge is 0.319 e. The number of amides is 2. The predicted octanol–water partition coefficient (Wildman–Crippen LogP) is 1.19. The number of carbonyl (C=O) groups is 1. The molecule has 1 saturated heterocycles. The quantitative estimate of drug-likeness (QED) is 0.749. The highest BCUT2D eigenvalue weighted by atomic mass is 16.2. The molecule has 0 unspecified atom stereocenters. The van der Waals surface area contributed by atoms with Gasteiger partial charge in [0.1, 0.15) is 5.82 Å². The SMILES string of the molecule is Cc1ccc(N2CCN(C(=O)N(C)C)CC2)nc1. The molecule has 0 aliphatic carbocycles. The van der Waals surface area contributed by atoms with Crippen LogP contribution in [-0.2, 0) is 0 Å². The standard InChI is InChI=1S/C13H20N4O/c1-11-4-5-12(14-10-11)16-6-8-17(9-7-16)13(18)15(2)3/h4-5,10H,6-9H2,1-3H3. The highest BCUT2D eigenvalue weighted by molar-refractivity contribution is 5.74. The molecular formula is C13H20N4O. The lowest BCUT2D eigenvalue weighted by Gasteiger charge is -2.36. The number of aryl methyl sites for hydroxylation is 1. The summed E-state index contributed by atoms with van der Waals surface area (Å²) >= 11 is 0. The molecule has 18 heavy (non-hydrogen) atoms. The van der Waals surface area contributed by atoms with Gasteiger partial charge in [-0.1, -0.05) is 6.07 Å². The van der Waals surface area contributed by atoms with Crippen molar-refractivity contribution < 1.29 is 4.79 Å². The first kappa shape index (κ1) is 12.7. The van der Waals surface area contributed by atoms with Crippen molar-refractivity contribution in [1.82, 2.24) is 14.8 Å². The Kier molecular flexibility index (Phi) is 3.69. The zero-order chi connectivity index (χ0) is 13.1. The van der Waals surface area contributed by atoms with Crippen LogP contribution in [0.2, 0.25) is 0 Å². The molecule has 5 nitrogen and oxygen atoms in total. The Balaban J connectivity index is 1.94. The molecule has 1 aromatic rings. The van der Waals surface area contributed by atoms with E-state index in [1.165, 1.54) is 5.56 Å². The van der Waals surface area contributed by atoms with Gasteiger partial charge in [-0.2, -0.15) is 0 Å². The largest absolute Gasteiger partial charge is 0.353 e. The molecule has 98 valence electrons. The van der Waals surface area contributed by atoms with Crippen molar-refractivity contribution in [3.8, 4) is 0 Å². The first-order valence-electron chi connectivity index (χ1n) is 6.22. The number of nitrogens with zero attached hydrogens (tertiary/aromatic N) is 4. The zero-order valence-electron chi connectivity index (χ0n) is 11.3. The summed E-state index contributed by atoms with van der Waals surface area (Å²) in [6.45, 7) is 5.23. The third-order valence-electron chi connectivity index (χ3n) is 3.15. The van der Waals surface area contributed by atoms with Crippen LogP contribution >= 0.6 is 0 Å². The lowest BCUT2D eigenvalue weighted by molar-refractivity contribution is 0.168. The summed E-state index contributed by atoms with van der Waals surface area (Å²) in [5.41, 5.74) is 1.17. The molecule has 0 aromatic carbocycles. The maximum Gasteiger partial charge on any atom is 0.319 e. The lowest BCUT2D eigenvalue weighted by Crippen LogP contribution is -2.51. The number of hydrogen-bond donors (Lipinski definition) is 0. The fourth-order valence-electron chi connectivity index (χ4n) is 2.06. The van der Waals surface area contributed by atoms with E-state index in [1.54, 1.807) is 19.0 Å². The maximum atomic E-state index is 11.8. The fourth-order valence-corrected chi connectivity index (χ4v) is 2.06. The second-order valence-electron chi connectivity index (χ2n) is 4.84. The van der Waals surface area contributed by atoms with E-state index in [0.29, 0.717) is 0 Å². The molecule has 0 radical (unpaired) electrons. The van der Waals surface area contributed by atoms with Crippen molar-refractivity contribution in [2.24, 2.45) is 0 Å². The zero-order valence-corrected chi connectivity index (χ0v) is 11.3. The number of pyridine rings is 1. The average molecular weight is 248 g/mol. The van der Waals surface area contributed by atoms with E-state index in [-0.39, 0.29) is 6.03 Å². The summed E-state index contributed by atoms with van der Waals surface area (Å²) in [6, 6.07) is 4.20. The van der Waals surface area contributed by atoms with Crippen LogP contribution in [0.5, 0.6) is 0 Å². The summed E-state index contributed by atoms with van der Waals surface area (Å²) < 4.78 is 0. The fraction of sp³-hybridized carbons (Fsp3) is 0.538. The van der Waals surface area contributed by atoms with E-state index < -0.39 is 0 Å². The Hall–Kier alpha value is -1.78. The summed E-state index contributed by atoms with van der Waals surface area (Å²) in [4.78, 5) is 21.9. The number of hydrogen-bond acceptors (Lipinski definition) is 3. The van der Waals surface area contributed by atoms with Gasteiger partial charge < -0.3 is 14.7 Å². The van der Waals surface area contributed by atoms with Gasteiger partial charge >= 0.3 is 6.03 Å². The molecule has 2 heterocycles. The minimum absolute atomic E-state index is 0.0894. The predicted molar refractivity (Wildman–Crippen MR) is 71.8 cm³/mol. The summed E-state index contributed by atoms with van der Waals surface area (Å²) in [5, 5.41) is 0. The Labute approximate surface area is 108 Å². The first-order valence-corrected chi connectivity index (χ1v) is 6.22. The molecule has 1 aliphatic heterocycles. The van der Waals surface area contributed by atoms with Gasteiger partial charge in [0.05, 0.1) is 0 Å². The van der Waals surface area contributed by atoms with Crippen molar-refractivity contribution in [2.45, 2.75) is 6.92 Å². The number of urea groups is 1. The molecule has 5 heteroatoms. The summed E-state index contributed by atoms with van der Waals surface area (Å²) in [5.74, 6) is 0.998. The van der Waals surface area contributed by atoms with Gasteiger partial charge in [-0.3, -0.25) is 0 Å². The lowest BCUT2D eigenvalue weighted by atomic mass is 10.3. The number of carbonyl (C=O) groups excluding carboxylic acids is 1. The third-order valence-corrected chi connectivity index (χ3v) is 3.15. The van der Waals surface area contributed by atoms with E-state index in [2.05, 4.69) is 16.0 Å². The normalized spacial score (nSPS) is 15.7. The molecule has 0 bridgehead atoms. The van der Waals surface area contributed by atoms with Crippen LogP contribution in [0.15, 0.2) is 18.3 Å². The van der Waals surface area contributed by atoms with Gasteiger partial charge in [0, 0.05) is 46.5 Å². The van der Waals surface area contributed by atoms with Gasteiger partial charge in [-0.05, 0) is 18.6 Å². The van der Waals surface area contributed by atoms with Gasteiger partial charge in [-0.15, -0.1) is 0 Å². The van der Waals surface area contributed by atoms with Gasteiger partial charge in [0.25, 0.3) is 0 Å². The molecule has 1 fully saturated rings. The van der Waals surface area contributed by atoms with Crippen molar-refractivity contribution in [3.05, 3.63) is 23.9 Å². The summed E-state index contributed by atoms with van der Waals surface area (Å²) in [7, 11) is 3.58. The molecule has 2 rings (SSSR count). The monoisotopic (exact) mass is 248 g/mol. The molecule has 0 N–H and O–H groups in total. The van der Waals surface area contributed by atoms with Crippen LogP contribution < -0.4 is 4.90 Å². The minimum atomic E-state index is 0.0894. The van der Waals surface area contributed by atoms with E-state index in [9.17, 15) is 4.79 Å². The summed E-state index contributed by atoms with van der Waals surface area (Å²) in [6.07, 6.45) is 1.88. The molecule has 0 spiro atoms. The highest BCUT2D eigenvalue weighted by Crippen LogP contribution is 2.14. The number of aromatic nitrogens is 1. The van der Waals surface area contributed by atoms with Gasteiger partial charge in [0.15, 0.2) is 0 Å². The van der Waals surface area contributed by atoms with Gasteiger partial charge in [-0.25, -0.2) is 9.78 Å². The number of anilines is 1. The number of piperazine rings is 1. The topological polar surface area (TPSA) is 39.7 Å². The molecule has 0 atom stereocenters. The third kappa shape index (κ3) is 2.72. The van der Waals surface area contributed by atoms with Crippen LogP contribution in [0.4, 0.5) is 10.6 Å². The van der Waals surface area contributed by atoms with Crippen molar-refractivity contribution in [2.75, 3.05) is 45.2 Å². The highest BCUT2D eigenvalue weighted by Gasteiger charge is 2.22.